The lowest BCUT2D eigenvalue weighted by Crippen LogP contribution is -2.28. The number of hydrogen-bond acceptors (Lipinski definition) is 3. The van der Waals surface area contributed by atoms with Crippen molar-refractivity contribution in [2.45, 2.75) is 39.7 Å². The molecule has 1 N–H and O–H groups in total. The van der Waals surface area contributed by atoms with E-state index in [0.29, 0.717) is 6.54 Å². The van der Waals surface area contributed by atoms with E-state index in [4.69, 9.17) is 16.7 Å². The van der Waals surface area contributed by atoms with E-state index in [-0.39, 0.29) is 6.61 Å². The maximum absolute atomic E-state index is 9.11. The summed E-state index contributed by atoms with van der Waals surface area (Å²) in [6.45, 7) is 6.83. The second-order valence-electron chi connectivity index (χ2n) is 4.54. The Bertz CT molecular complexity index is 365. The van der Waals surface area contributed by atoms with Crippen molar-refractivity contribution < 1.29 is 5.11 Å². The molecule has 1 heterocycles. The molecule has 0 atom stereocenters. The first-order chi connectivity index (χ1) is 8.63. The average molecular weight is 274 g/mol. The molecule has 4 nitrogen and oxygen atoms in total. The Labute approximate surface area is 115 Å². The summed E-state index contributed by atoms with van der Waals surface area (Å²) in [7, 11) is 1.93. The fraction of sp³-hybridized carbons (Fsp3) is 0.769. The van der Waals surface area contributed by atoms with Crippen LogP contribution in [0.25, 0.3) is 0 Å². The Morgan fingerprint density at radius 3 is 2.56 bits per heavy atom. The van der Waals surface area contributed by atoms with Gasteiger partial charge in [0.1, 0.15) is 0 Å². The maximum atomic E-state index is 9.11. The molecule has 0 aliphatic rings. The van der Waals surface area contributed by atoms with Gasteiger partial charge in [-0.15, -0.1) is 0 Å². The van der Waals surface area contributed by atoms with Crippen LogP contribution in [0.15, 0.2) is 0 Å². The number of aliphatic hydroxyl groups excluding tert-OH is 1. The first-order valence-corrected chi connectivity index (χ1v) is 7.05. The van der Waals surface area contributed by atoms with Gasteiger partial charge in [-0.2, -0.15) is 5.10 Å². The number of rotatable bonds is 8. The van der Waals surface area contributed by atoms with Gasteiger partial charge in [-0.1, -0.05) is 31.9 Å². The Morgan fingerprint density at radius 1 is 1.33 bits per heavy atom. The second-order valence-corrected chi connectivity index (χ2v) is 4.92. The minimum absolute atomic E-state index is 0.180. The number of aromatic nitrogens is 2. The zero-order valence-electron chi connectivity index (χ0n) is 11.6. The zero-order valence-corrected chi connectivity index (χ0v) is 12.4. The van der Waals surface area contributed by atoms with Crippen LogP contribution in [0.5, 0.6) is 0 Å². The predicted molar refractivity (Wildman–Crippen MR) is 74.9 cm³/mol. The van der Waals surface area contributed by atoms with Gasteiger partial charge in [-0.3, -0.25) is 9.58 Å². The number of nitrogens with zero attached hydrogens (tertiary/aromatic N) is 3. The predicted octanol–water partition coefficient (Wildman–Crippen LogP) is 2.23. The molecule has 1 aromatic rings. The second kappa shape index (κ2) is 7.77. The van der Waals surface area contributed by atoms with E-state index >= 15 is 0 Å². The van der Waals surface area contributed by atoms with Gasteiger partial charge in [-0.25, -0.2) is 0 Å². The van der Waals surface area contributed by atoms with Crippen LogP contribution in [-0.4, -0.2) is 39.5 Å². The molecule has 0 bridgehead atoms. The van der Waals surface area contributed by atoms with Crippen LogP contribution < -0.4 is 0 Å². The smallest absolute Gasteiger partial charge is 0.0863 e. The number of unbranched alkanes of at least 4 members (excludes halogenated alkanes) is 1. The van der Waals surface area contributed by atoms with E-state index in [0.717, 1.165) is 48.8 Å². The summed E-state index contributed by atoms with van der Waals surface area (Å²) in [5.74, 6) is 0. The van der Waals surface area contributed by atoms with Gasteiger partial charge in [0, 0.05) is 20.1 Å². The normalized spacial score (nSPS) is 11.4. The highest BCUT2D eigenvalue weighted by molar-refractivity contribution is 6.31. The maximum Gasteiger partial charge on any atom is 0.0863 e. The van der Waals surface area contributed by atoms with Crippen molar-refractivity contribution in [3.05, 3.63) is 16.4 Å². The Hall–Kier alpha value is -0.580. The highest BCUT2D eigenvalue weighted by atomic mass is 35.5. The molecule has 0 unspecified atom stereocenters. The van der Waals surface area contributed by atoms with Crippen molar-refractivity contribution in [1.29, 1.82) is 0 Å². The van der Waals surface area contributed by atoms with Crippen LogP contribution in [0.3, 0.4) is 0 Å². The van der Waals surface area contributed by atoms with E-state index in [1.165, 1.54) is 0 Å². The molecule has 1 aromatic heterocycles. The van der Waals surface area contributed by atoms with E-state index in [1.807, 2.05) is 11.7 Å². The summed E-state index contributed by atoms with van der Waals surface area (Å²) in [5.41, 5.74) is 1.99. The molecule has 0 saturated heterocycles. The van der Waals surface area contributed by atoms with Crippen molar-refractivity contribution in [2.24, 2.45) is 7.05 Å². The third kappa shape index (κ3) is 3.97. The molecule has 0 spiro atoms. The molecule has 0 aromatic carbocycles. The van der Waals surface area contributed by atoms with E-state index < -0.39 is 0 Å². The number of aliphatic hydroxyl groups is 1. The van der Waals surface area contributed by atoms with Gasteiger partial charge in [0.25, 0.3) is 0 Å². The molecule has 18 heavy (non-hydrogen) atoms. The van der Waals surface area contributed by atoms with Crippen LogP contribution >= 0.6 is 11.6 Å². The molecule has 0 fully saturated rings. The first kappa shape index (κ1) is 15.5. The van der Waals surface area contributed by atoms with Crippen molar-refractivity contribution >= 4 is 11.6 Å². The summed E-state index contributed by atoms with van der Waals surface area (Å²) in [6.07, 6.45) is 3.14. The van der Waals surface area contributed by atoms with Crippen LogP contribution in [0, 0.1) is 0 Å². The van der Waals surface area contributed by atoms with Crippen molar-refractivity contribution in [2.75, 3.05) is 19.7 Å². The average Bonchev–Trinajstić information content (AvgIpc) is 2.63. The Balaban J connectivity index is 2.76. The minimum Gasteiger partial charge on any atom is -0.395 e. The van der Waals surface area contributed by atoms with E-state index in [2.05, 4.69) is 23.8 Å². The van der Waals surface area contributed by atoms with Gasteiger partial charge < -0.3 is 5.11 Å². The van der Waals surface area contributed by atoms with Crippen LogP contribution in [0.2, 0.25) is 5.02 Å². The fourth-order valence-corrected chi connectivity index (χ4v) is 2.35. The molecule has 0 amide bonds. The number of hydrogen-bond donors (Lipinski definition) is 1. The molecule has 1 rings (SSSR count). The molecule has 0 aliphatic carbocycles. The monoisotopic (exact) mass is 273 g/mol. The third-order valence-electron chi connectivity index (χ3n) is 3.12. The molecular formula is C13H24ClN3O. The van der Waals surface area contributed by atoms with Crippen molar-refractivity contribution in [1.82, 2.24) is 14.7 Å². The zero-order chi connectivity index (χ0) is 13.5. The lowest BCUT2D eigenvalue weighted by atomic mass is 10.2. The third-order valence-corrected chi connectivity index (χ3v) is 3.56. The topological polar surface area (TPSA) is 41.3 Å². The SMILES string of the molecule is CCCCN(CCO)Cc1c(Cl)c(CC)nn1C. The van der Waals surface area contributed by atoms with Crippen LogP contribution in [0.4, 0.5) is 0 Å². The molecular weight excluding hydrogens is 250 g/mol. The van der Waals surface area contributed by atoms with E-state index in [1.54, 1.807) is 0 Å². The summed E-state index contributed by atoms with van der Waals surface area (Å²) in [6, 6.07) is 0. The van der Waals surface area contributed by atoms with Crippen LogP contribution in [0.1, 0.15) is 38.1 Å². The van der Waals surface area contributed by atoms with Gasteiger partial charge in [0.2, 0.25) is 0 Å². The molecule has 104 valence electrons. The van der Waals surface area contributed by atoms with Gasteiger partial charge in [0.15, 0.2) is 0 Å². The van der Waals surface area contributed by atoms with Gasteiger partial charge >= 0.3 is 0 Å². The van der Waals surface area contributed by atoms with Gasteiger partial charge in [-0.05, 0) is 19.4 Å². The highest BCUT2D eigenvalue weighted by Gasteiger charge is 2.15. The lowest BCUT2D eigenvalue weighted by Gasteiger charge is -2.21. The van der Waals surface area contributed by atoms with Crippen molar-refractivity contribution in [3.8, 4) is 0 Å². The molecule has 0 aliphatic heterocycles. The van der Waals surface area contributed by atoms with Gasteiger partial charge in [0.05, 0.1) is 23.0 Å². The summed E-state index contributed by atoms with van der Waals surface area (Å²) in [4.78, 5) is 2.23. The summed E-state index contributed by atoms with van der Waals surface area (Å²) in [5, 5.41) is 14.3. The number of aryl methyl sites for hydroxylation is 2. The summed E-state index contributed by atoms with van der Waals surface area (Å²) < 4.78 is 1.86. The quantitative estimate of drug-likeness (QED) is 0.790. The van der Waals surface area contributed by atoms with Crippen molar-refractivity contribution in [3.63, 3.8) is 0 Å². The Morgan fingerprint density at radius 2 is 2.06 bits per heavy atom. The van der Waals surface area contributed by atoms with E-state index in [9.17, 15) is 0 Å². The molecule has 0 saturated carbocycles. The lowest BCUT2D eigenvalue weighted by molar-refractivity contribution is 0.185. The molecule has 0 radical (unpaired) electrons. The Kier molecular flexibility index (Phi) is 6.68. The standard InChI is InChI=1S/C13H24ClN3O/c1-4-6-7-17(8-9-18)10-12-13(14)11(5-2)15-16(12)3/h18H,4-10H2,1-3H3. The highest BCUT2D eigenvalue weighted by Crippen LogP contribution is 2.22. The fourth-order valence-electron chi connectivity index (χ4n) is 2.00. The molecule has 5 heteroatoms. The largest absolute Gasteiger partial charge is 0.395 e. The first-order valence-electron chi connectivity index (χ1n) is 6.67. The minimum atomic E-state index is 0.180. The van der Waals surface area contributed by atoms with Crippen LogP contribution in [-0.2, 0) is 20.0 Å². The summed E-state index contributed by atoms with van der Waals surface area (Å²) >= 11 is 6.34. The number of halogens is 1.